The standard InChI is InChI=1S/C14H21N3O2/c1-3-19-14(18)11-6-7-16-13(12(11)15)17-8-9(2)10-4-5-10/h6-7,9-10H,3-5,8,15H2,1-2H3,(H,16,17). The molecule has 0 saturated heterocycles. The van der Waals surface area contributed by atoms with Gasteiger partial charge in [-0.1, -0.05) is 6.92 Å². The van der Waals surface area contributed by atoms with E-state index in [1.807, 2.05) is 0 Å². The number of ether oxygens (including phenoxy) is 1. The minimum atomic E-state index is -0.402. The van der Waals surface area contributed by atoms with Crippen LogP contribution in [0.4, 0.5) is 11.5 Å². The predicted molar refractivity (Wildman–Crippen MR) is 75.0 cm³/mol. The van der Waals surface area contributed by atoms with Gasteiger partial charge in [0.2, 0.25) is 0 Å². The molecule has 1 aliphatic carbocycles. The Morgan fingerprint density at radius 3 is 3.00 bits per heavy atom. The van der Waals surface area contributed by atoms with Crippen molar-refractivity contribution >= 4 is 17.5 Å². The molecule has 3 N–H and O–H groups in total. The van der Waals surface area contributed by atoms with E-state index in [4.69, 9.17) is 10.5 Å². The molecule has 5 nitrogen and oxygen atoms in total. The van der Waals surface area contributed by atoms with Gasteiger partial charge in [0, 0.05) is 12.7 Å². The molecule has 0 bridgehead atoms. The Hall–Kier alpha value is -1.78. The zero-order valence-corrected chi connectivity index (χ0v) is 11.5. The smallest absolute Gasteiger partial charge is 0.340 e. The first-order valence-corrected chi connectivity index (χ1v) is 6.79. The van der Waals surface area contributed by atoms with Gasteiger partial charge in [-0.15, -0.1) is 0 Å². The lowest BCUT2D eigenvalue weighted by molar-refractivity contribution is 0.0527. The average Bonchev–Trinajstić information content (AvgIpc) is 3.21. The summed E-state index contributed by atoms with van der Waals surface area (Å²) in [6.45, 7) is 5.15. The van der Waals surface area contributed by atoms with E-state index in [1.165, 1.54) is 12.8 Å². The number of carbonyl (C=O) groups excluding carboxylic acids is 1. The fourth-order valence-electron chi connectivity index (χ4n) is 2.09. The zero-order chi connectivity index (χ0) is 13.8. The third-order valence-electron chi connectivity index (χ3n) is 3.50. The van der Waals surface area contributed by atoms with Gasteiger partial charge in [-0.2, -0.15) is 0 Å². The summed E-state index contributed by atoms with van der Waals surface area (Å²) < 4.78 is 4.96. The van der Waals surface area contributed by atoms with Gasteiger partial charge in [0.25, 0.3) is 0 Å². The molecule has 0 aromatic carbocycles. The van der Waals surface area contributed by atoms with Gasteiger partial charge in [0.1, 0.15) is 5.82 Å². The molecule has 1 heterocycles. The summed E-state index contributed by atoms with van der Waals surface area (Å²) in [7, 11) is 0. The van der Waals surface area contributed by atoms with Crippen molar-refractivity contribution in [2.75, 3.05) is 24.2 Å². The first-order valence-electron chi connectivity index (χ1n) is 6.79. The number of nitrogens with two attached hydrogens (primary N) is 1. The SMILES string of the molecule is CCOC(=O)c1ccnc(NCC(C)C2CC2)c1N. The molecule has 1 saturated carbocycles. The highest BCUT2D eigenvalue weighted by atomic mass is 16.5. The van der Waals surface area contributed by atoms with Crippen LogP contribution < -0.4 is 11.1 Å². The van der Waals surface area contributed by atoms with Crippen molar-refractivity contribution in [1.82, 2.24) is 4.98 Å². The first-order chi connectivity index (χ1) is 9.13. The number of aromatic nitrogens is 1. The number of nitrogens with zero attached hydrogens (tertiary/aromatic N) is 1. The predicted octanol–water partition coefficient (Wildman–Crippen LogP) is 2.30. The van der Waals surface area contributed by atoms with Gasteiger partial charge in [0.15, 0.2) is 0 Å². The van der Waals surface area contributed by atoms with Gasteiger partial charge in [-0.3, -0.25) is 0 Å². The number of rotatable bonds is 6. The lowest BCUT2D eigenvalue weighted by Gasteiger charge is -2.14. The molecule has 1 atom stereocenters. The molecule has 1 unspecified atom stereocenters. The maximum absolute atomic E-state index is 11.7. The highest BCUT2D eigenvalue weighted by Gasteiger charge is 2.27. The molecular formula is C14H21N3O2. The van der Waals surface area contributed by atoms with Crippen LogP contribution >= 0.6 is 0 Å². The average molecular weight is 263 g/mol. The molecule has 0 aliphatic heterocycles. The van der Waals surface area contributed by atoms with Crippen molar-refractivity contribution < 1.29 is 9.53 Å². The molecule has 0 radical (unpaired) electrons. The van der Waals surface area contributed by atoms with E-state index < -0.39 is 5.97 Å². The van der Waals surface area contributed by atoms with Crippen LogP contribution in [0.5, 0.6) is 0 Å². The van der Waals surface area contributed by atoms with Gasteiger partial charge in [-0.05, 0) is 37.7 Å². The number of nitrogen functional groups attached to an aromatic ring is 1. The second-order valence-corrected chi connectivity index (χ2v) is 5.04. The molecule has 2 rings (SSSR count). The molecule has 1 aromatic rings. The normalized spacial score (nSPS) is 15.9. The Labute approximate surface area is 113 Å². The van der Waals surface area contributed by atoms with E-state index in [1.54, 1.807) is 19.2 Å². The minimum absolute atomic E-state index is 0.335. The fraction of sp³-hybridized carbons (Fsp3) is 0.571. The molecule has 104 valence electrons. The summed E-state index contributed by atoms with van der Waals surface area (Å²) in [5.41, 5.74) is 6.70. The molecule has 1 fully saturated rings. The monoisotopic (exact) mass is 263 g/mol. The third-order valence-corrected chi connectivity index (χ3v) is 3.50. The number of anilines is 2. The topological polar surface area (TPSA) is 77.2 Å². The van der Waals surface area contributed by atoms with Crippen LogP contribution in [0.1, 0.15) is 37.0 Å². The number of hydrogen-bond donors (Lipinski definition) is 2. The van der Waals surface area contributed by atoms with E-state index in [0.29, 0.717) is 29.6 Å². The Bertz CT molecular complexity index is 458. The van der Waals surface area contributed by atoms with Crippen molar-refractivity contribution in [3.63, 3.8) is 0 Å². The Morgan fingerprint density at radius 2 is 2.37 bits per heavy atom. The molecule has 1 aliphatic rings. The quantitative estimate of drug-likeness (QED) is 0.770. The van der Waals surface area contributed by atoms with Crippen molar-refractivity contribution in [3.8, 4) is 0 Å². The number of esters is 1. The van der Waals surface area contributed by atoms with Crippen LogP contribution in [-0.4, -0.2) is 24.1 Å². The third kappa shape index (κ3) is 3.36. The van der Waals surface area contributed by atoms with E-state index in [9.17, 15) is 4.79 Å². The molecule has 5 heteroatoms. The van der Waals surface area contributed by atoms with Crippen LogP contribution in [0.3, 0.4) is 0 Å². The second kappa shape index (κ2) is 5.91. The summed E-state index contributed by atoms with van der Waals surface area (Å²) in [6.07, 6.45) is 4.20. The molecule has 1 aromatic heterocycles. The summed E-state index contributed by atoms with van der Waals surface area (Å²) >= 11 is 0. The number of nitrogens with one attached hydrogen (secondary N) is 1. The summed E-state index contributed by atoms with van der Waals surface area (Å²) in [4.78, 5) is 15.9. The van der Waals surface area contributed by atoms with Crippen LogP contribution in [0.15, 0.2) is 12.3 Å². The molecule has 19 heavy (non-hydrogen) atoms. The number of hydrogen-bond acceptors (Lipinski definition) is 5. The van der Waals surface area contributed by atoms with Crippen molar-refractivity contribution in [1.29, 1.82) is 0 Å². The van der Waals surface area contributed by atoms with Crippen LogP contribution in [0.2, 0.25) is 0 Å². The Balaban J connectivity index is 2.03. The number of pyridine rings is 1. The van der Waals surface area contributed by atoms with Gasteiger partial charge < -0.3 is 15.8 Å². The first kappa shape index (κ1) is 13.6. The molecular weight excluding hydrogens is 242 g/mol. The van der Waals surface area contributed by atoms with Crippen LogP contribution in [0, 0.1) is 11.8 Å². The summed E-state index contributed by atoms with van der Waals surface area (Å²) in [5, 5.41) is 3.23. The van der Waals surface area contributed by atoms with Crippen LogP contribution in [0.25, 0.3) is 0 Å². The minimum Gasteiger partial charge on any atom is -0.462 e. The Kier molecular flexibility index (Phi) is 4.24. The maximum atomic E-state index is 11.7. The fourth-order valence-corrected chi connectivity index (χ4v) is 2.09. The van der Waals surface area contributed by atoms with E-state index in [2.05, 4.69) is 17.2 Å². The van der Waals surface area contributed by atoms with E-state index >= 15 is 0 Å². The second-order valence-electron chi connectivity index (χ2n) is 5.04. The Morgan fingerprint density at radius 1 is 1.63 bits per heavy atom. The zero-order valence-electron chi connectivity index (χ0n) is 11.5. The van der Waals surface area contributed by atoms with Crippen molar-refractivity contribution in [2.45, 2.75) is 26.7 Å². The molecule has 0 amide bonds. The highest BCUT2D eigenvalue weighted by Crippen LogP contribution is 2.36. The van der Waals surface area contributed by atoms with Gasteiger partial charge in [-0.25, -0.2) is 9.78 Å². The van der Waals surface area contributed by atoms with Crippen LogP contribution in [-0.2, 0) is 4.74 Å². The largest absolute Gasteiger partial charge is 0.462 e. The van der Waals surface area contributed by atoms with Gasteiger partial charge >= 0.3 is 5.97 Å². The lowest BCUT2D eigenvalue weighted by Crippen LogP contribution is -2.16. The number of carbonyl (C=O) groups is 1. The van der Waals surface area contributed by atoms with Crippen molar-refractivity contribution in [3.05, 3.63) is 17.8 Å². The molecule has 0 spiro atoms. The van der Waals surface area contributed by atoms with Gasteiger partial charge in [0.05, 0.1) is 17.9 Å². The van der Waals surface area contributed by atoms with Crippen molar-refractivity contribution in [2.24, 2.45) is 11.8 Å². The lowest BCUT2D eigenvalue weighted by atomic mass is 10.1. The summed E-state index contributed by atoms with van der Waals surface area (Å²) in [6, 6.07) is 1.59. The van der Waals surface area contributed by atoms with E-state index in [0.717, 1.165) is 12.5 Å². The van der Waals surface area contributed by atoms with E-state index in [-0.39, 0.29) is 0 Å². The maximum Gasteiger partial charge on any atom is 0.340 e. The summed E-state index contributed by atoms with van der Waals surface area (Å²) in [5.74, 6) is 1.59. The highest BCUT2D eigenvalue weighted by molar-refractivity contribution is 5.97.